The van der Waals surface area contributed by atoms with Crippen LogP contribution in [0.25, 0.3) is 0 Å². The first-order valence-electron chi connectivity index (χ1n) is 11.2. The summed E-state index contributed by atoms with van der Waals surface area (Å²) in [4.78, 5) is 54.1. The summed E-state index contributed by atoms with van der Waals surface area (Å²) in [6.45, 7) is 0.150. The Labute approximate surface area is 219 Å². The fraction of sp³-hybridized carbons (Fsp3) is 0.259. The Morgan fingerprint density at radius 2 is 1.27 bits per heavy atom. The average molecular weight is 528 g/mol. The van der Waals surface area contributed by atoms with Gasteiger partial charge < -0.3 is 23.8 Å². The zero-order chi connectivity index (χ0) is 27.1. The molecule has 1 aliphatic rings. The molecule has 0 aromatic heterocycles. The molecule has 194 valence electrons. The van der Waals surface area contributed by atoms with Crippen LogP contribution in [0, 0.1) is 0 Å². The SMILES string of the molecule is COC(=O)C1=C(C(=O)OC)C(c2ccc(Cl)cc2)N(CCc2ccccc2)C(C(=O)OC)=C1C(=O)OC. The quantitative estimate of drug-likeness (QED) is 0.377. The number of hydrogen-bond donors (Lipinski definition) is 0. The summed E-state index contributed by atoms with van der Waals surface area (Å²) in [5, 5.41) is 0.436. The Kier molecular flexibility index (Phi) is 9.08. The van der Waals surface area contributed by atoms with Crippen LogP contribution in [-0.2, 0) is 44.5 Å². The Balaban J connectivity index is 2.41. The van der Waals surface area contributed by atoms with Gasteiger partial charge in [0.05, 0.1) is 45.6 Å². The van der Waals surface area contributed by atoms with Crippen molar-refractivity contribution in [1.29, 1.82) is 0 Å². The number of carbonyl (C=O) groups is 4. The molecule has 0 N–H and O–H groups in total. The number of benzene rings is 2. The second kappa shape index (κ2) is 12.2. The van der Waals surface area contributed by atoms with Crippen molar-refractivity contribution in [3.63, 3.8) is 0 Å². The van der Waals surface area contributed by atoms with Gasteiger partial charge in [0.15, 0.2) is 0 Å². The summed E-state index contributed by atoms with van der Waals surface area (Å²) in [5.41, 5.74) is 0.0848. The number of methoxy groups -OCH3 is 4. The first-order valence-corrected chi connectivity index (χ1v) is 11.5. The Hall–Kier alpha value is -4.11. The molecule has 0 bridgehead atoms. The molecule has 0 radical (unpaired) electrons. The van der Waals surface area contributed by atoms with Gasteiger partial charge in [-0.3, -0.25) is 0 Å². The van der Waals surface area contributed by atoms with E-state index in [0.717, 1.165) is 34.0 Å². The van der Waals surface area contributed by atoms with Gasteiger partial charge in [-0.2, -0.15) is 0 Å². The summed E-state index contributed by atoms with van der Waals surface area (Å²) in [7, 11) is 4.48. The van der Waals surface area contributed by atoms with E-state index in [2.05, 4.69) is 0 Å². The predicted octanol–water partition coefficient (Wildman–Crippen LogP) is 3.18. The van der Waals surface area contributed by atoms with Crippen molar-refractivity contribution >= 4 is 35.5 Å². The van der Waals surface area contributed by atoms with Crippen LogP contribution >= 0.6 is 11.6 Å². The number of rotatable bonds is 8. The van der Waals surface area contributed by atoms with Crippen LogP contribution in [0.3, 0.4) is 0 Å². The molecule has 0 spiro atoms. The lowest BCUT2D eigenvalue weighted by atomic mass is 9.84. The molecule has 0 amide bonds. The summed E-state index contributed by atoms with van der Waals surface area (Å²) in [5.74, 6) is -3.85. The van der Waals surface area contributed by atoms with E-state index in [1.54, 1.807) is 24.3 Å². The molecule has 1 atom stereocenters. The van der Waals surface area contributed by atoms with Gasteiger partial charge in [-0.25, -0.2) is 19.2 Å². The van der Waals surface area contributed by atoms with Crippen molar-refractivity contribution in [3.05, 3.63) is 93.2 Å². The molecule has 3 rings (SSSR count). The van der Waals surface area contributed by atoms with E-state index in [0.29, 0.717) is 17.0 Å². The Morgan fingerprint density at radius 3 is 1.81 bits per heavy atom. The third-order valence-electron chi connectivity index (χ3n) is 5.86. The second-order valence-corrected chi connectivity index (χ2v) is 8.30. The summed E-state index contributed by atoms with van der Waals surface area (Å²) < 4.78 is 19.9. The molecular formula is C27H26ClNO8. The summed E-state index contributed by atoms with van der Waals surface area (Å²) in [6, 6.07) is 14.9. The fourth-order valence-corrected chi connectivity index (χ4v) is 4.33. The zero-order valence-corrected chi connectivity index (χ0v) is 21.5. The van der Waals surface area contributed by atoms with Crippen LogP contribution in [0.5, 0.6) is 0 Å². The van der Waals surface area contributed by atoms with E-state index < -0.39 is 41.1 Å². The van der Waals surface area contributed by atoms with Crippen molar-refractivity contribution in [2.75, 3.05) is 35.0 Å². The molecule has 1 heterocycles. The fourth-order valence-electron chi connectivity index (χ4n) is 4.20. The number of halogens is 1. The normalized spacial score (nSPS) is 15.3. The number of nitrogens with zero attached hydrogens (tertiary/aromatic N) is 1. The highest BCUT2D eigenvalue weighted by Gasteiger charge is 2.47. The summed E-state index contributed by atoms with van der Waals surface area (Å²) >= 11 is 6.11. The van der Waals surface area contributed by atoms with Crippen LogP contribution in [0.15, 0.2) is 77.0 Å². The van der Waals surface area contributed by atoms with Crippen LogP contribution in [0.2, 0.25) is 5.02 Å². The van der Waals surface area contributed by atoms with Crippen molar-refractivity contribution in [1.82, 2.24) is 4.90 Å². The highest BCUT2D eigenvalue weighted by Crippen LogP contribution is 2.43. The molecule has 0 fully saturated rings. The highest BCUT2D eigenvalue weighted by atomic mass is 35.5. The molecule has 9 nitrogen and oxygen atoms in total. The predicted molar refractivity (Wildman–Crippen MR) is 133 cm³/mol. The van der Waals surface area contributed by atoms with Crippen molar-refractivity contribution < 1.29 is 38.1 Å². The Bertz CT molecular complexity index is 1250. The van der Waals surface area contributed by atoms with Crippen LogP contribution in [0.4, 0.5) is 0 Å². The van der Waals surface area contributed by atoms with E-state index in [4.69, 9.17) is 30.5 Å². The number of hydrogen-bond acceptors (Lipinski definition) is 9. The minimum Gasteiger partial charge on any atom is -0.466 e. The van der Waals surface area contributed by atoms with Gasteiger partial charge in [-0.1, -0.05) is 54.1 Å². The highest BCUT2D eigenvalue weighted by molar-refractivity contribution is 6.30. The van der Waals surface area contributed by atoms with Crippen molar-refractivity contribution in [2.45, 2.75) is 12.5 Å². The monoisotopic (exact) mass is 527 g/mol. The van der Waals surface area contributed by atoms with Gasteiger partial charge in [0, 0.05) is 11.6 Å². The minimum atomic E-state index is -1.04. The largest absolute Gasteiger partial charge is 0.466 e. The zero-order valence-electron chi connectivity index (χ0n) is 20.8. The van der Waals surface area contributed by atoms with E-state index in [1.807, 2.05) is 30.3 Å². The average Bonchev–Trinajstić information content (AvgIpc) is 2.94. The molecule has 1 unspecified atom stereocenters. The number of esters is 4. The molecule has 0 aliphatic carbocycles. The van der Waals surface area contributed by atoms with Crippen LogP contribution in [-0.4, -0.2) is 63.8 Å². The Morgan fingerprint density at radius 1 is 0.730 bits per heavy atom. The third-order valence-corrected chi connectivity index (χ3v) is 6.11. The first-order chi connectivity index (χ1) is 17.8. The maximum Gasteiger partial charge on any atom is 0.355 e. The third kappa shape index (κ3) is 5.67. The van der Waals surface area contributed by atoms with Gasteiger partial charge in [-0.05, 0) is 29.7 Å². The van der Waals surface area contributed by atoms with Gasteiger partial charge in [-0.15, -0.1) is 0 Å². The topological polar surface area (TPSA) is 108 Å². The van der Waals surface area contributed by atoms with Crippen LogP contribution < -0.4 is 0 Å². The number of carbonyl (C=O) groups excluding carboxylic acids is 4. The standard InChI is InChI=1S/C27H26ClNO8/c1-34-24(30)19-20(25(31)35-2)22(17-10-12-18(28)13-11-17)29(15-14-16-8-6-5-7-9-16)23(27(33)37-4)21(19)26(32)36-3/h5-13,22H,14-15H2,1-4H3. The number of ether oxygens (including phenoxy) is 4. The smallest absolute Gasteiger partial charge is 0.355 e. The second-order valence-electron chi connectivity index (χ2n) is 7.86. The van der Waals surface area contributed by atoms with Crippen LogP contribution in [0.1, 0.15) is 17.2 Å². The van der Waals surface area contributed by atoms with Gasteiger partial charge in [0.1, 0.15) is 11.3 Å². The van der Waals surface area contributed by atoms with Gasteiger partial charge in [0.2, 0.25) is 0 Å². The van der Waals surface area contributed by atoms with E-state index in [-0.39, 0.29) is 17.8 Å². The summed E-state index contributed by atoms with van der Waals surface area (Å²) in [6.07, 6.45) is 0.419. The molecule has 1 aliphatic heterocycles. The van der Waals surface area contributed by atoms with E-state index >= 15 is 0 Å². The first kappa shape index (κ1) is 27.5. The minimum absolute atomic E-state index is 0.150. The van der Waals surface area contributed by atoms with Gasteiger partial charge in [0.25, 0.3) is 0 Å². The molecule has 0 saturated heterocycles. The molecule has 37 heavy (non-hydrogen) atoms. The maximum atomic E-state index is 13.2. The van der Waals surface area contributed by atoms with Gasteiger partial charge >= 0.3 is 23.9 Å². The van der Waals surface area contributed by atoms with E-state index in [9.17, 15) is 19.2 Å². The lowest BCUT2D eigenvalue weighted by Gasteiger charge is -2.40. The van der Waals surface area contributed by atoms with Crippen molar-refractivity contribution in [3.8, 4) is 0 Å². The molecular weight excluding hydrogens is 502 g/mol. The molecule has 2 aromatic rings. The molecule has 10 heteroatoms. The maximum absolute atomic E-state index is 13.2. The van der Waals surface area contributed by atoms with Crippen molar-refractivity contribution in [2.24, 2.45) is 0 Å². The van der Waals surface area contributed by atoms with E-state index in [1.165, 1.54) is 4.90 Å². The lowest BCUT2D eigenvalue weighted by Crippen LogP contribution is -2.43. The molecule has 0 saturated carbocycles. The molecule has 2 aromatic carbocycles. The lowest BCUT2D eigenvalue weighted by molar-refractivity contribution is -0.144.